The van der Waals surface area contributed by atoms with E-state index in [9.17, 15) is 4.39 Å². The van der Waals surface area contributed by atoms with E-state index < -0.39 is 0 Å². The summed E-state index contributed by atoms with van der Waals surface area (Å²) in [5.41, 5.74) is 0.837. The van der Waals surface area contributed by atoms with Gasteiger partial charge < -0.3 is 14.5 Å². The standard InChI is InChI=1S/C15H17BrFNO2/c1-3-6-18-15(13-5-4-7-20-13)10-8-11(16)12(17)9-14(10)19-2/h4-5,7-9,15,18H,3,6H2,1-2H3. The summed E-state index contributed by atoms with van der Waals surface area (Å²) in [5, 5.41) is 3.39. The van der Waals surface area contributed by atoms with Gasteiger partial charge in [0.15, 0.2) is 0 Å². The molecule has 0 saturated carbocycles. The van der Waals surface area contributed by atoms with Crippen LogP contribution in [0.1, 0.15) is 30.7 Å². The summed E-state index contributed by atoms with van der Waals surface area (Å²) in [5.74, 6) is 0.922. The van der Waals surface area contributed by atoms with Crippen molar-refractivity contribution in [1.82, 2.24) is 5.32 Å². The molecule has 20 heavy (non-hydrogen) atoms. The van der Waals surface area contributed by atoms with Gasteiger partial charge in [-0.15, -0.1) is 0 Å². The number of furan rings is 1. The predicted molar refractivity (Wildman–Crippen MR) is 79.5 cm³/mol. The first-order valence-corrected chi connectivity index (χ1v) is 7.26. The topological polar surface area (TPSA) is 34.4 Å². The van der Waals surface area contributed by atoms with Crippen molar-refractivity contribution in [2.24, 2.45) is 0 Å². The second-order valence-electron chi connectivity index (χ2n) is 4.41. The molecule has 0 spiro atoms. The number of nitrogens with one attached hydrogen (secondary N) is 1. The molecule has 0 aliphatic heterocycles. The molecule has 1 N–H and O–H groups in total. The van der Waals surface area contributed by atoms with Crippen LogP contribution in [-0.2, 0) is 0 Å². The zero-order valence-corrected chi connectivity index (χ0v) is 13.0. The lowest BCUT2D eigenvalue weighted by atomic mass is 10.0. The first kappa shape index (κ1) is 15.1. The van der Waals surface area contributed by atoms with E-state index in [1.807, 2.05) is 12.1 Å². The third-order valence-electron chi connectivity index (χ3n) is 3.01. The van der Waals surface area contributed by atoms with Gasteiger partial charge in [-0.3, -0.25) is 0 Å². The predicted octanol–water partition coefficient (Wildman–Crippen LogP) is 4.28. The molecule has 0 radical (unpaired) electrons. The zero-order chi connectivity index (χ0) is 14.5. The molecule has 3 nitrogen and oxygen atoms in total. The number of rotatable bonds is 6. The van der Waals surface area contributed by atoms with E-state index in [1.54, 1.807) is 12.3 Å². The van der Waals surface area contributed by atoms with E-state index in [2.05, 4.69) is 28.2 Å². The smallest absolute Gasteiger partial charge is 0.141 e. The Morgan fingerprint density at radius 1 is 1.45 bits per heavy atom. The van der Waals surface area contributed by atoms with Gasteiger partial charge in [-0.2, -0.15) is 0 Å². The van der Waals surface area contributed by atoms with E-state index in [0.717, 1.165) is 24.3 Å². The Labute approximate surface area is 126 Å². The molecule has 0 aliphatic carbocycles. The molecule has 5 heteroatoms. The van der Waals surface area contributed by atoms with Crippen molar-refractivity contribution in [3.05, 3.63) is 52.1 Å². The minimum absolute atomic E-state index is 0.170. The molecule has 0 fully saturated rings. The number of hydrogen-bond acceptors (Lipinski definition) is 3. The number of methoxy groups -OCH3 is 1. The highest BCUT2D eigenvalue weighted by atomic mass is 79.9. The third-order valence-corrected chi connectivity index (χ3v) is 3.62. The highest BCUT2D eigenvalue weighted by Gasteiger charge is 2.21. The summed E-state index contributed by atoms with van der Waals surface area (Å²) in [6, 6.07) is 6.66. The Bertz CT molecular complexity index is 557. The van der Waals surface area contributed by atoms with Crippen LogP contribution in [0.4, 0.5) is 4.39 Å². The lowest BCUT2D eigenvalue weighted by Crippen LogP contribution is -2.23. The van der Waals surface area contributed by atoms with Crippen LogP contribution >= 0.6 is 15.9 Å². The van der Waals surface area contributed by atoms with Gasteiger partial charge in [0.05, 0.1) is 23.9 Å². The molecule has 1 atom stereocenters. The van der Waals surface area contributed by atoms with E-state index in [1.165, 1.54) is 13.2 Å². The first-order valence-electron chi connectivity index (χ1n) is 6.47. The van der Waals surface area contributed by atoms with Crippen molar-refractivity contribution < 1.29 is 13.5 Å². The van der Waals surface area contributed by atoms with Crippen LogP contribution in [0.3, 0.4) is 0 Å². The fourth-order valence-electron chi connectivity index (χ4n) is 2.05. The molecule has 0 saturated heterocycles. The summed E-state index contributed by atoms with van der Waals surface area (Å²) in [6.45, 7) is 2.91. The van der Waals surface area contributed by atoms with Gasteiger partial charge in [-0.1, -0.05) is 6.92 Å². The van der Waals surface area contributed by atoms with Crippen LogP contribution < -0.4 is 10.1 Å². The molecule has 1 heterocycles. The Balaban J connectivity index is 2.45. The molecule has 0 amide bonds. The van der Waals surface area contributed by atoms with Crippen LogP contribution in [0.5, 0.6) is 5.75 Å². The van der Waals surface area contributed by atoms with Gasteiger partial charge in [0, 0.05) is 11.6 Å². The molecule has 0 bridgehead atoms. The molecular formula is C15H17BrFNO2. The molecular weight excluding hydrogens is 325 g/mol. The summed E-state index contributed by atoms with van der Waals surface area (Å²) in [6.07, 6.45) is 2.61. The fraction of sp³-hybridized carbons (Fsp3) is 0.333. The Morgan fingerprint density at radius 3 is 2.85 bits per heavy atom. The maximum absolute atomic E-state index is 13.6. The first-order chi connectivity index (χ1) is 9.67. The summed E-state index contributed by atoms with van der Waals surface area (Å²) in [4.78, 5) is 0. The van der Waals surface area contributed by atoms with Crippen molar-refractivity contribution in [1.29, 1.82) is 0 Å². The number of hydrogen-bond donors (Lipinski definition) is 1. The second kappa shape index (κ2) is 6.90. The summed E-state index contributed by atoms with van der Waals surface area (Å²) >= 11 is 3.22. The molecule has 108 valence electrons. The van der Waals surface area contributed by atoms with Gasteiger partial charge in [0.1, 0.15) is 17.3 Å². The Hall–Kier alpha value is -1.33. The van der Waals surface area contributed by atoms with E-state index in [4.69, 9.17) is 9.15 Å². The SMILES string of the molecule is CCCNC(c1ccco1)c1cc(Br)c(F)cc1OC. The highest BCUT2D eigenvalue weighted by Crippen LogP contribution is 2.34. The maximum Gasteiger partial charge on any atom is 0.141 e. The van der Waals surface area contributed by atoms with E-state index in [-0.39, 0.29) is 11.9 Å². The molecule has 1 aromatic carbocycles. The van der Waals surface area contributed by atoms with Crippen LogP contribution in [0.2, 0.25) is 0 Å². The summed E-state index contributed by atoms with van der Waals surface area (Å²) < 4.78 is 24.8. The minimum atomic E-state index is -0.348. The molecule has 1 aromatic heterocycles. The molecule has 2 aromatic rings. The van der Waals surface area contributed by atoms with Crippen LogP contribution in [-0.4, -0.2) is 13.7 Å². The van der Waals surface area contributed by atoms with Gasteiger partial charge in [-0.05, 0) is 47.1 Å². The average molecular weight is 342 g/mol. The van der Waals surface area contributed by atoms with Crippen molar-refractivity contribution in [3.63, 3.8) is 0 Å². The molecule has 0 aliphatic rings. The highest BCUT2D eigenvalue weighted by molar-refractivity contribution is 9.10. The van der Waals surface area contributed by atoms with Crippen molar-refractivity contribution in [3.8, 4) is 5.75 Å². The average Bonchev–Trinajstić information content (AvgIpc) is 2.96. The maximum atomic E-state index is 13.6. The van der Waals surface area contributed by atoms with Gasteiger partial charge in [0.2, 0.25) is 0 Å². The number of benzene rings is 1. The third kappa shape index (κ3) is 3.22. The quantitative estimate of drug-likeness (QED) is 0.851. The zero-order valence-electron chi connectivity index (χ0n) is 11.5. The van der Waals surface area contributed by atoms with E-state index in [0.29, 0.717) is 10.2 Å². The molecule has 1 unspecified atom stereocenters. The number of ether oxygens (including phenoxy) is 1. The van der Waals surface area contributed by atoms with Gasteiger partial charge in [0.25, 0.3) is 0 Å². The fourth-order valence-corrected chi connectivity index (χ4v) is 2.42. The minimum Gasteiger partial charge on any atom is -0.496 e. The van der Waals surface area contributed by atoms with Crippen LogP contribution in [0.15, 0.2) is 39.4 Å². The van der Waals surface area contributed by atoms with E-state index >= 15 is 0 Å². The molecule has 2 rings (SSSR count). The normalized spacial score (nSPS) is 12.4. The Morgan fingerprint density at radius 2 is 2.25 bits per heavy atom. The van der Waals surface area contributed by atoms with Crippen LogP contribution in [0, 0.1) is 5.82 Å². The largest absolute Gasteiger partial charge is 0.496 e. The lowest BCUT2D eigenvalue weighted by Gasteiger charge is -2.20. The summed E-state index contributed by atoms with van der Waals surface area (Å²) in [7, 11) is 1.53. The lowest BCUT2D eigenvalue weighted by molar-refractivity contribution is 0.389. The van der Waals surface area contributed by atoms with Gasteiger partial charge >= 0.3 is 0 Å². The van der Waals surface area contributed by atoms with Crippen LogP contribution in [0.25, 0.3) is 0 Å². The second-order valence-corrected chi connectivity index (χ2v) is 5.27. The van der Waals surface area contributed by atoms with Crippen molar-refractivity contribution >= 4 is 15.9 Å². The van der Waals surface area contributed by atoms with Crippen molar-refractivity contribution in [2.75, 3.05) is 13.7 Å². The number of halogens is 2. The Kier molecular flexibility index (Phi) is 5.20. The van der Waals surface area contributed by atoms with Crippen molar-refractivity contribution in [2.45, 2.75) is 19.4 Å². The van der Waals surface area contributed by atoms with Gasteiger partial charge in [-0.25, -0.2) is 4.39 Å². The monoisotopic (exact) mass is 341 g/mol.